The highest BCUT2D eigenvalue weighted by Gasteiger charge is 2.27. The quantitative estimate of drug-likeness (QED) is 0.905. The molecule has 0 aromatic heterocycles. The lowest BCUT2D eigenvalue weighted by Crippen LogP contribution is -2.31. The van der Waals surface area contributed by atoms with Crippen LogP contribution in [0.5, 0.6) is 0 Å². The van der Waals surface area contributed by atoms with Gasteiger partial charge in [-0.15, -0.1) is 0 Å². The number of sulfonamides is 1. The second kappa shape index (κ2) is 6.20. The first-order valence-corrected chi connectivity index (χ1v) is 8.34. The van der Waals surface area contributed by atoms with E-state index < -0.39 is 15.8 Å². The zero-order chi connectivity index (χ0) is 14.8. The van der Waals surface area contributed by atoms with Crippen LogP contribution >= 0.6 is 0 Å². The van der Waals surface area contributed by atoms with Crippen molar-refractivity contribution < 1.29 is 12.8 Å². The SMILES string of the molecule is CN(CC1CCCC1)S(=O)(=O)c1ccc(CN)cc1F. The zero-order valence-corrected chi connectivity index (χ0v) is 12.5. The molecule has 0 amide bonds. The highest BCUT2D eigenvalue weighted by Crippen LogP contribution is 2.27. The predicted molar refractivity (Wildman–Crippen MR) is 76.1 cm³/mol. The molecule has 2 rings (SSSR count). The van der Waals surface area contributed by atoms with Crippen LogP contribution in [0, 0.1) is 11.7 Å². The van der Waals surface area contributed by atoms with E-state index in [0.29, 0.717) is 18.0 Å². The standard InChI is InChI=1S/C14H21FN2O2S/c1-17(10-11-4-2-3-5-11)20(18,19)14-7-6-12(9-16)8-13(14)15/h6-8,11H,2-5,9-10,16H2,1H3. The third-order valence-corrected chi connectivity index (χ3v) is 5.77. The number of nitrogens with zero attached hydrogens (tertiary/aromatic N) is 1. The van der Waals surface area contributed by atoms with Gasteiger partial charge in [0.25, 0.3) is 0 Å². The number of halogens is 1. The van der Waals surface area contributed by atoms with Crippen molar-refractivity contribution in [2.24, 2.45) is 11.7 Å². The average Bonchev–Trinajstić information content (AvgIpc) is 2.91. The van der Waals surface area contributed by atoms with Crippen molar-refractivity contribution in [3.63, 3.8) is 0 Å². The summed E-state index contributed by atoms with van der Waals surface area (Å²) in [5.41, 5.74) is 6.00. The molecule has 0 heterocycles. The van der Waals surface area contributed by atoms with E-state index in [1.54, 1.807) is 6.07 Å². The van der Waals surface area contributed by atoms with Gasteiger partial charge in [-0.3, -0.25) is 0 Å². The molecule has 20 heavy (non-hydrogen) atoms. The van der Waals surface area contributed by atoms with E-state index >= 15 is 0 Å². The topological polar surface area (TPSA) is 63.4 Å². The number of hydrogen-bond donors (Lipinski definition) is 1. The van der Waals surface area contributed by atoms with Crippen LogP contribution < -0.4 is 5.73 Å². The lowest BCUT2D eigenvalue weighted by molar-refractivity contribution is 0.385. The molecule has 0 radical (unpaired) electrons. The van der Waals surface area contributed by atoms with Crippen LogP contribution in [0.4, 0.5) is 4.39 Å². The molecule has 2 N–H and O–H groups in total. The molecular formula is C14H21FN2O2S. The molecule has 1 saturated carbocycles. The van der Waals surface area contributed by atoms with E-state index in [2.05, 4.69) is 0 Å². The molecule has 0 bridgehead atoms. The molecule has 1 aromatic carbocycles. The highest BCUT2D eigenvalue weighted by molar-refractivity contribution is 7.89. The predicted octanol–water partition coefficient (Wildman–Crippen LogP) is 2.10. The van der Waals surface area contributed by atoms with Gasteiger partial charge >= 0.3 is 0 Å². The maximum absolute atomic E-state index is 13.9. The van der Waals surface area contributed by atoms with E-state index in [1.807, 2.05) is 0 Å². The Balaban J connectivity index is 2.20. The Morgan fingerprint density at radius 3 is 2.55 bits per heavy atom. The van der Waals surface area contributed by atoms with E-state index in [1.165, 1.54) is 23.5 Å². The summed E-state index contributed by atoms with van der Waals surface area (Å²) in [6, 6.07) is 4.05. The Labute approximate surface area is 119 Å². The van der Waals surface area contributed by atoms with Crippen molar-refractivity contribution in [1.82, 2.24) is 4.31 Å². The summed E-state index contributed by atoms with van der Waals surface area (Å²) < 4.78 is 40.0. The van der Waals surface area contributed by atoms with E-state index in [4.69, 9.17) is 5.73 Å². The van der Waals surface area contributed by atoms with E-state index in [-0.39, 0.29) is 11.4 Å². The van der Waals surface area contributed by atoms with Gasteiger partial charge in [-0.05, 0) is 36.5 Å². The average molecular weight is 300 g/mol. The maximum Gasteiger partial charge on any atom is 0.245 e. The fourth-order valence-corrected chi connectivity index (χ4v) is 3.99. The van der Waals surface area contributed by atoms with Gasteiger partial charge in [0.05, 0.1) is 0 Å². The van der Waals surface area contributed by atoms with Gasteiger partial charge in [0.1, 0.15) is 10.7 Å². The highest BCUT2D eigenvalue weighted by atomic mass is 32.2. The Kier molecular flexibility index (Phi) is 4.78. The van der Waals surface area contributed by atoms with Crippen LogP contribution in [0.2, 0.25) is 0 Å². The second-order valence-electron chi connectivity index (χ2n) is 5.40. The Bertz CT molecular complexity index is 569. The second-order valence-corrected chi connectivity index (χ2v) is 7.42. The van der Waals surface area contributed by atoms with Gasteiger partial charge in [0.2, 0.25) is 10.0 Å². The largest absolute Gasteiger partial charge is 0.326 e. The number of hydrogen-bond acceptors (Lipinski definition) is 3. The summed E-state index contributed by atoms with van der Waals surface area (Å²) in [6.45, 7) is 0.648. The van der Waals surface area contributed by atoms with Gasteiger partial charge in [0, 0.05) is 20.1 Å². The van der Waals surface area contributed by atoms with Gasteiger partial charge < -0.3 is 5.73 Å². The maximum atomic E-state index is 13.9. The van der Waals surface area contributed by atoms with Crippen LogP contribution in [0.25, 0.3) is 0 Å². The van der Waals surface area contributed by atoms with Gasteiger partial charge in [0.15, 0.2) is 0 Å². The minimum absolute atomic E-state index is 0.190. The first-order valence-electron chi connectivity index (χ1n) is 6.90. The van der Waals surface area contributed by atoms with Crippen molar-refractivity contribution in [3.8, 4) is 0 Å². The molecule has 0 saturated heterocycles. The van der Waals surface area contributed by atoms with E-state index in [0.717, 1.165) is 25.7 Å². The fraction of sp³-hybridized carbons (Fsp3) is 0.571. The molecule has 4 nitrogen and oxygen atoms in total. The van der Waals surface area contributed by atoms with Crippen molar-refractivity contribution in [2.45, 2.75) is 37.1 Å². The summed E-state index contributed by atoms with van der Waals surface area (Å²) in [7, 11) is -2.25. The van der Waals surface area contributed by atoms with Gasteiger partial charge in [-0.25, -0.2) is 17.1 Å². The summed E-state index contributed by atoms with van der Waals surface area (Å²) in [5, 5.41) is 0. The molecule has 1 fully saturated rings. The van der Waals surface area contributed by atoms with Crippen molar-refractivity contribution in [3.05, 3.63) is 29.6 Å². The fourth-order valence-electron chi connectivity index (χ4n) is 2.70. The lowest BCUT2D eigenvalue weighted by Gasteiger charge is -2.21. The normalized spacial score (nSPS) is 17.0. The first kappa shape index (κ1) is 15.4. The van der Waals surface area contributed by atoms with Crippen LogP contribution in [-0.4, -0.2) is 26.3 Å². The van der Waals surface area contributed by atoms with Crippen molar-refractivity contribution in [2.75, 3.05) is 13.6 Å². The Morgan fingerprint density at radius 2 is 2.00 bits per heavy atom. The Hall–Kier alpha value is -0.980. The lowest BCUT2D eigenvalue weighted by atomic mass is 10.1. The molecular weight excluding hydrogens is 279 g/mol. The van der Waals surface area contributed by atoms with Crippen LogP contribution in [0.1, 0.15) is 31.2 Å². The zero-order valence-electron chi connectivity index (χ0n) is 11.7. The summed E-state index contributed by atoms with van der Waals surface area (Å²) in [4.78, 5) is -0.268. The molecule has 0 spiro atoms. The van der Waals surface area contributed by atoms with Crippen molar-refractivity contribution in [1.29, 1.82) is 0 Å². The number of benzene rings is 1. The van der Waals surface area contributed by atoms with Gasteiger partial charge in [-0.2, -0.15) is 0 Å². The van der Waals surface area contributed by atoms with Crippen LogP contribution in [0.3, 0.4) is 0 Å². The summed E-state index contributed by atoms with van der Waals surface area (Å²) in [6.07, 6.45) is 4.40. The summed E-state index contributed by atoms with van der Waals surface area (Å²) >= 11 is 0. The minimum atomic E-state index is -3.76. The molecule has 1 aliphatic carbocycles. The molecule has 112 valence electrons. The van der Waals surface area contributed by atoms with Crippen LogP contribution in [0.15, 0.2) is 23.1 Å². The van der Waals surface area contributed by atoms with E-state index in [9.17, 15) is 12.8 Å². The minimum Gasteiger partial charge on any atom is -0.326 e. The molecule has 1 aromatic rings. The monoisotopic (exact) mass is 300 g/mol. The summed E-state index contributed by atoms with van der Waals surface area (Å²) in [5.74, 6) is -0.340. The number of rotatable bonds is 5. The molecule has 0 aliphatic heterocycles. The van der Waals surface area contributed by atoms with Crippen LogP contribution in [-0.2, 0) is 16.6 Å². The van der Waals surface area contributed by atoms with Crippen molar-refractivity contribution >= 4 is 10.0 Å². The molecule has 1 aliphatic rings. The molecule has 0 atom stereocenters. The molecule has 6 heteroatoms. The first-order chi connectivity index (χ1) is 9.45. The third kappa shape index (κ3) is 3.19. The Morgan fingerprint density at radius 1 is 1.35 bits per heavy atom. The van der Waals surface area contributed by atoms with Gasteiger partial charge in [-0.1, -0.05) is 18.9 Å². The smallest absolute Gasteiger partial charge is 0.245 e. The number of nitrogens with two attached hydrogens (primary N) is 1. The molecule has 0 unspecified atom stereocenters. The third-order valence-electron chi connectivity index (χ3n) is 3.91.